The molecule has 72 valence electrons. The largest absolute Gasteiger partial charge is 0.456 e. The van der Waals surface area contributed by atoms with Crippen LogP contribution in [0.5, 0.6) is 0 Å². The first-order chi connectivity index (χ1) is 7.25. The zero-order valence-corrected chi connectivity index (χ0v) is 9.01. The molecule has 0 aliphatic heterocycles. The van der Waals surface area contributed by atoms with Crippen LogP contribution in [-0.2, 0) is 0 Å². The molecule has 0 N–H and O–H groups in total. The third-order valence-electron chi connectivity index (χ3n) is 2.64. The van der Waals surface area contributed by atoms with E-state index in [9.17, 15) is 0 Å². The number of hydrogen-bond donors (Lipinski definition) is 0. The monoisotopic (exact) mass is 214 g/mol. The molecule has 0 aliphatic carbocycles. The maximum Gasteiger partial charge on any atom is 0.140 e. The van der Waals surface area contributed by atoms with Gasteiger partial charge < -0.3 is 4.42 Å². The van der Waals surface area contributed by atoms with Gasteiger partial charge in [-0.2, -0.15) is 0 Å². The molecular formula is C12H8BClO. The Morgan fingerprint density at radius 1 is 1.07 bits per heavy atom. The zero-order chi connectivity index (χ0) is 10.4. The first-order valence-electron chi connectivity index (χ1n) is 4.83. The number of halogens is 1. The number of para-hydroxylation sites is 1. The summed E-state index contributed by atoms with van der Waals surface area (Å²) in [6, 6.07) is 11.9. The van der Waals surface area contributed by atoms with Gasteiger partial charge in [0.05, 0.1) is 0 Å². The van der Waals surface area contributed by atoms with Crippen LogP contribution in [-0.4, -0.2) is 7.85 Å². The normalized spacial score (nSPS) is 11.3. The summed E-state index contributed by atoms with van der Waals surface area (Å²) in [5, 5.41) is 3.04. The second-order valence-corrected chi connectivity index (χ2v) is 4.13. The van der Waals surface area contributed by atoms with Gasteiger partial charge in [0.25, 0.3) is 0 Å². The van der Waals surface area contributed by atoms with Crippen LogP contribution in [0.25, 0.3) is 21.9 Å². The lowest BCUT2D eigenvalue weighted by Gasteiger charge is -1.96. The summed E-state index contributed by atoms with van der Waals surface area (Å²) in [5.74, 6) is 0. The van der Waals surface area contributed by atoms with Crippen molar-refractivity contribution >= 4 is 46.8 Å². The van der Waals surface area contributed by atoms with E-state index in [2.05, 4.69) is 13.9 Å². The number of benzene rings is 2. The molecule has 0 spiro atoms. The van der Waals surface area contributed by atoms with E-state index in [0.717, 1.165) is 32.4 Å². The topological polar surface area (TPSA) is 13.1 Å². The van der Waals surface area contributed by atoms with E-state index < -0.39 is 0 Å². The summed E-state index contributed by atoms with van der Waals surface area (Å²) in [4.78, 5) is 0. The van der Waals surface area contributed by atoms with Crippen molar-refractivity contribution in [3.8, 4) is 0 Å². The highest BCUT2D eigenvalue weighted by Gasteiger charge is 2.08. The molecule has 0 aliphatic rings. The second kappa shape index (κ2) is 3.04. The van der Waals surface area contributed by atoms with Crippen molar-refractivity contribution in [1.82, 2.24) is 0 Å². The van der Waals surface area contributed by atoms with Crippen molar-refractivity contribution in [3.05, 3.63) is 41.4 Å². The number of furan rings is 1. The Kier molecular flexibility index (Phi) is 1.80. The first kappa shape index (κ1) is 8.87. The third kappa shape index (κ3) is 1.25. The average Bonchev–Trinajstić information content (AvgIpc) is 2.54. The average molecular weight is 214 g/mol. The van der Waals surface area contributed by atoms with E-state index in [0.29, 0.717) is 0 Å². The van der Waals surface area contributed by atoms with Gasteiger partial charge in [-0.05, 0) is 18.2 Å². The Hall–Kier alpha value is -1.41. The van der Waals surface area contributed by atoms with E-state index in [1.807, 2.05) is 30.3 Å². The lowest BCUT2D eigenvalue weighted by Crippen LogP contribution is -2.01. The van der Waals surface area contributed by atoms with E-state index in [-0.39, 0.29) is 0 Å². The van der Waals surface area contributed by atoms with Crippen molar-refractivity contribution in [2.75, 3.05) is 0 Å². The summed E-state index contributed by atoms with van der Waals surface area (Å²) in [6.07, 6.45) is 0. The Bertz CT molecular complexity index is 657. The van der Waals surface area contributed by atoms with Crippen LogP contribution in [0.3, 0.4) is 0 Å². The molecule has 0 amide bonds. The second-order valence-electron chi connectivity index (χ2n) is 3.69. The van der Waals surface area contributed by atoms with Crippen LogP contribution in [0.15, 0.2) is 40.8 Å². The van der Waals surface area contributed by atoms with Crippen LogP contribution >= 0.6 is 11.6 Å². The van der Waals surface area contributed by atoms with Gasteiger partial charge in [0.1, 0.15) is 19.0 Å². The fourth-order valence-corrected chi connectivity index (χ4v) is 2.28. The molecule has 0 bridgehead atoms. The molecular weight excluding hydrogens is 206 g/mol. The molecule has 0 radical (unpaired) electrons. The molecule has 1 heterocycles. The van der Waals surface area contributed by atoms with Crippen LogP contribution in [0.4, 0.5) is 0 Å². The minimum atomic E-state index is 0.721. The van der Waals surface area contributed by atoms with Gasteiger partial charge in [-0.3, -0.25) is 0 Å². The van der Waals surface area contributed by atoms with Crippen LogP contribution < -0.4 is 5.46 Å². The Morgan fingerprint density at radius 3 is 2.73 bits per heavy atom. The van der Waals surface area contributed by atoms with Crippen molar-refractivity contribution in [3.63, 3.8) is 0 Å². The highest BCUT2D eigenvalue weighted by molar-refractivity contribution is 6.43. The smallest absolute Gasteiger partial charge is 0.140 e. The summed E-state index contributed by atoms with van der Waals surface area (Å²) in [5.41, 5.74) is 2.93. The van der Waals surface area contributed by atoms with Crippen molar-refractivity contribution in [2.24, 2.45) is 0 Å². The molecule has 0 unspecified atom stereocenters. The summed E-state index contributed by atoms with van der Waals surface area (Å²) < 4.78 is 5.73. The van der Waals surface area contributed by atoms with Gasteiger partial charge in [-0.15, -0.1) is 0 Å². The van der Waals surface area contributed by atoms with Crippen LogP contribution in [0.2, 0.25) is 5.02 Å². The van der Waals surface area contributed by atoms with E-state index in [4.69, 9.17) is 16.0 Å². The lowest BCUT2D eigenvalue weighted by atomic mass is 9.91. The Morgan fingerprint density at radius 2 is 1.87 bits per heavy atom. The maximum atomic E-state index is 5.99. The summed E-state index contributed by atoms with van der Waals surface area (Å²) in [6.45, 7) is 0. The summed E-state index contributed by atoms with van der Waals surface area (Å²) in [7, 11) is 2.05. The SMILES string of the molecule is Bc1cc(Cl)cc2oc3ccccc3c12. The van der Waals surface area contributed by atoms with E-state index >= 15 is 0 Å². The molecule has 0 fully saturated rings. The summed E-state index contributed by atoms with van der Waals surface area (Å²) >= 11 is 5.99. The highest BCUT2D eigenvalue weighted by atomic mass is 35.5. The maximum absolute atomic E-state index is 5.99. The van der Waals surface area contributed by atoms with Crippen molar-refractivity contribution in [1.29, 1.82) is 0 Å². The van der Waals surface area contributed by atoms with Gasteiger partial charge in [0, 0.05) is 15.8 Å². The fraction of sp³-hybridized carbons (Fsp3) is 0. The van der Waals surface area contributed by atoms with Gasteiger partial charge >= 0.3 is 0 Å². The van der Waals surface area contributed by atoms with Crippen molar-refractivity contribution < 1.29 is 4.42 Å². The minimum absolute atomic E-state index is 0.721. The Balaban J connectivity index is 2.61. The number of hydrogen-bond acceptors (Lipinski definition) is 1. The third-order valence-corrected chi connectivity index (χ3v) is 2.86. The fourth-order valence-electron chi connectivity index (χ4n) is 2.02. The van der Waals surface area contributed by atoms with Gasteiger partial charge in [-0.25, -0.2) is 0 Å². The zero-order valence-electron chi connectivity index (χ0n) is 8.25. The molecule has 3 heteroatoms. The van der Waals surface area contributed by atoms with Gasteiger partial charge in [-0.1, -0.05) is 35.3 Å². The molecule has 3 rings (SSSR count). The predicted octanol–water partition coefficient (Wildman–Crippen LogP) is 2.50. The number of rotatable bonds is 0. The van der Waals surface area contributed by atoms with Crippen LogP contribution in [0, 0.1) is 0 Å². The molecule has 1 nitrogen and oxygen atoms in total. The van der Waals surface area contributed by atoms with Crippen LogP contribution in [0.1, 0.15) is 0 Å². The highest BCUT2D eigenvalue weighted by Crippen LogP contribution is 2.28. The van der Waals surface area contributed by atoms with Gasteiger partial charge in [0.2, 0.25) is 0 Å². The lowest BCUT2D eigenvalue weighted by molar-refractivity contribution is 0.669. The molecule has 2 aromatic carbocycles. The molecule has 0 saturated carbocycles. The molecule has 0 atom stereocenters. The molecule has 15 heavy (non-hydrogen) atoms. The number of fused-ring (bicyclic) bond motifs is 3. The van der Waals surface area contributed by atoms with Crippen molar-refractivity contribution in [2.45, 2.75) is 0 Å². The minimum Gasteiger partial charge on any atom is -0.456 e. The quantitative estimate of drug-likeness (QED) is 0.524. The van der Waals surface area contributed by atoms with Gasteiger partial charge in [0.15, 0.2) is 0 Å². The first-order valence-corrected chi connectivity index (χ1v) is 5.21. The predicted molar refractivity (Wildman–Crippen MR) is 66.9 cm³/mol. The van der Waals surface area contributed by atoms with E-state index in [1.54, 1.807) is 0 Å². The van der Waals surface area contributed by atoms with E-state index in [1.165, 1.54) is 0 Å². The Labute approximate surface area is 93.0 Å². The molecule has 0 saturated heterocycles. The molecule has 3 aromatic rings. The standard InChI is InChI=1S/C12H8BClO/c13-9-5-7(14)6-11-12(9)8-3-1-2-4-10(8)15-11/h1-6H,13H2. The molecule has 1 aromatic heterocycles.